The molecule has 132 valence electrons. The molecule has 0 atom stereocenters. The van der Waals surface area contributed by atoms with Crippen molar-refractivity contribution in [3.63, 3.8) is 0 Å². The molecule has 7 heteroatoms. The highest BCUT2D eigenvalue weighted by Gasteiger charge is 2.28. The molecule has 3 N–H and O–H groups in total. The summed E-state index contributed by atoms with van der Waals surface area (Å²) >= 11 is 0. The van der Waals surface area contributed by atoms with Crippen molar-refractivity contribution in [1.82, 2.24) is 20.4 Å². The van der Waals surface area contributed by atoms with Crippen molar-refractivity contribution in [3.8, 4) is 0 Å². The lowest BCUT2D eigenvalue weighted by molar-refractivity contribution is 0.102. The maximum Gasteiger partial charge on any atom is 0.318 e. The fraction of sp³-hybridized carbons (Fsp3) is 0.211. The van der Waals surface area contributed by atoms with Crippen molar-refractivity contribution in [1.29, 1.82) is 0 Å². The van der Waals surface area contributed by atoms with Crippen molar-refractivity contribution in [2.75, 3.05) is 11.9 Å². The molecule has 2 heterocycles. The first kappa shape index (κ1) is 16.1. The molecule has 1 aromatic heterocycles. The molecular weight excluding hydrogens is 330 g/mol. The lowest BCUT2D eigenvalue weighted by atomic mass is 10.1. The van der Waals surface area contributed by atoms with E-state index in [4.69, 9.17) is 0 Å². The zero-order valence-corrected chi connectivity index (χ0v) is 14.4. The largest absolute Gasteiger partial charge is 0.338 e. The van der Waals surface area contributed by atoms with E-state index in [0.717, 1.165) is 22.0 Å². The average molecular weight is 349 g/mol. The van der Waals surface area contributed by atoms with Gasteiger partial charge in [0, 0.05) is 17.7 Å². The van der Waals surface area contributed by atoms with Crippen LogP contribution >= 0.6 is 0 Å². The summed E-state index contributed by atoms with van der Waals surface area (Å²) in [4.78, 5) is 26.3. The SMILES string of the molecule is CCNC(=O)N1Cc2n[nH]c(NC(=O)c3ccc4ccccc4c3)c2C1. The van der Waals surface area contributed by atoms with Crippen molar-refractivity contribution >= 4 is 28.5 Å². The fourth-order valence-electron chi connectivity index (χ4n) is 3.16. The monoisotopic (exact) mass is 349 g/mol. The van der Waals surface area contributed by atoms with Crippen molar-refractivity contribution in [3.05, 3.63) is 59.3 Å². The second-order valence-corrected chi connectivity index (χ2v) is 6.23. The Bertz CT molecular complexity index is 995. The van der Waals surface area contributed by atoms with Crippen LogP contribution < -0.4 is 10.6 Å². The molecule has 1 aliphatic heterocycles. The molecule has 1 aliphatic rings. The summed E-state index contributed by atoms with van der Waals surface area (Å²) in [6.45, 7) is 3.31. The number of H-pyrrole nitrogens is 1. The van der Waals surface area contributed by atoms with Crippen LogP contribution in [0.3, 0.4) is 0 Å². The number of fused-ring (bicyclic) bond motifs is 2. The van der Waals surface area contributed by atoms with Gasteiger partial charge in [0.25, 0.3) is 5.91 Å². The molecule has 0 unspecified atom stereocenters. The van der Waals surface area contributed by atoms with E-state index in [1.165, 1.54) is 0 Å². The minimum Gasteiger partial charge on any atom is -0.338 e. The van der Waals surface area contributed by atoms with Gasteiger partial charge in [0.1, 0.15) is 5.82 Å². The van der Waals surface area contributed by atoms with Gasteiger partial charge in [-0.15, -0.1) is 0 Å². The van der Waals surface area contributed by atoms with Gasteiger partial charge in [0.05, 0.1) is 18.8 Å². The zero-order chi connectivity index (χ0) is 18.1. The predicted octanol–water partition coefficient (Wildman–Crippen LogP) is 2.86. The molecule has 4 rings (SSSR count). The van der Waals surface area contributed by atoms with Gasteiger partial charge in [0.2, 0.25) is 0 Å². The Labute approximate surface area is 150 Å². The van der Waals surface area contributed by atoms with Gasteiger partial charge < -0.3 is 15.5 Å². The number of hydrogen-bond donors (Lipinski definition) is 3. The molecule has 0 aliphatic carbocycles. The normalized spacial score (nSPS) is 12.9. The van der Waals surface area contributed by atoms with Gasteiger partial charge in [-0.05, 0) is 29.8 Å². The van der Waals surface area contributed by atoms with Crippen LogP contribution in [0.5, 0.6) is 0 Å². The summed E-state index contributed by atoms with van der Waals surface area (Å²) < 4.78 is 0. The molecule has 0 saturated heterocycles. The highest BCUT2D eigenvalue weighted by Crippen LogP contribution is 2.27. The number of benzene rings is 2. The average Bonchev–Trinajstić information content (AvgIpc) is 3.23. The number of amides is 3. The lowest BCUT2D eigenvalue weighted by Crippen LogP contribution is -2.36. The molecular formula is C19H19N5O2. The van der Waals surface area contributed by atoms with Crippen molar-refractivity contribution < 1.29 is 9.59 Å². The summed E-state index contributed by atoms with van der Waals surface area (Å²) in [7, 11) is 0. The van der Waals surface area contributed by atoms with Gasteiger partial charge >= 0.3 is 6.03 Å². The van der Waals surface area contributed by atoms with E-state index in [1.807, 2.05) is 43.3 Å². The van der Waals surface area contributed by atoms with Gasteiger partial charge in [-0.2, -0.15) is 5.10 Å². The van der Waals surface area contributed by atoms with E-state index in [-0.39, 0.29) is 11.9 Å². The molecule has 2 aromatic carbocycles. The number of urea groups is 1. The number of rotatable bonds is 3. The van der Waals surface area contributed by atoms with E-state index in [9.17, 15) is 9.59 Å². The van der Waals surface area contributed by atoms with Crippen LogP contribution in [0.1, 0.15) is 28.5 Å². The number of anilines is 1. The third kappa shape index (κ3) is 2.88. The fourth-order valence-corrected chi connectivity index (χ4v) is 3.16. The molecule has 3 aromatic rings. The molecule has 0 spiro atoms. The Kier molecular flexibility index (Phi) is 4.04. The minimum atomic E-state index is -0.210. The third-order valence-electron chi connectivity index (χ3n) is 4.51. The number of aromatic nitrogens is 2. The summed E-state index contributed by atoms with van der Waals surface area (Å²) in [5.74, 6) is 0.337. The van der Waals surface area contributed by atoms with Crippen LogP contribution in [0.25, 0.3) is 10.8 Å². The Morgan fingerprint density at radius 2 is 1.96 bits per heavy atom. The first-order chi connectivity index (χ1) is 12.7. The number of nitrogens with one attached hydrogen (secondary N) is 3. The topological polar surface area (TPSA) is 90.1 Å². The molecule has 26 heavy (non-hydrogen) atoms. The molecule has 0 radical (unpaired) electrons. The quantitative estimate of drug-likeness (QED) is 0.679. The highest BCUT2D eigenvalue weighted by atomic mass is 16.2. The summed E-state index contributed by atoms with van der Waals surface area (Å²) in [6.07, 6.45) is 0. The maximum absolute atomic E-state index is 12.6. The van der Waals surface area contributed by atoms with Crippen LogP contribution in [0.15, 0.2) is 42.5 Å². The van der Waals surface area contributed by atoms with Crippen molar-refractivity contribution in [2.24, 2.45) is 0 Å². The molecule has 0 bridgehead atoms. The van der Waals surface area contributed by atoms with E-state index in [1.54, 1.807) is 11.0 Å². The molecule has 3 amide bonds. The maximum atomic E-state index is 12.6. The lowest BCUT2D eigenvalue weighted by Gasteiger charge is -2.15. The number of carbonyl (C=O) groups is 2. The van der Waals surface area contributed by atoms with Gasteiger partial charge in [-0.3, -0.25) is 9.89 Å². The standard InChI is InChI=1S/C19H19N5O2/c1-2-20-19(26)24-10-15-16(11-24)22-23-17(15)21-18(25)14-8-7-12-5-3-4-6-13(12)9-14/h3-9H,2,10-11H2,1H3,(H,20,26)(H2,21,22,23,25). The number of nitrogens with zero attached hydrogens (tertiary/aromatic N) is 2. The highest BCUT2D eigenvalue weighted by molar-refractivity contribution is 6.06. The minimum absolute atomic E-state index is 0.127. The van der Waals surface area contributed by atoms with E-state index in [0.29, 0.717) is 31.0 Å². The number of carbonyl (C=O) groups excluding carboxylic acids is 2. The third-order valence-corrected chi connectivity index (χ3v) is 4.51. The van der Waals surface area contributed by atoms with Crippen LogP contribution in [0.2, 0.25) is 0 Å². The van der Waals surface area contributed by atoms with Crippen LogP contribution in [-0.4, -0.2) is 33.6 Å². The zero-order valence-electron chi connectivity index (χ0n) is 14.4. The first-order valence-electron chi connectivity index (χ1n) is 8.54. The Hall–Kier alpha value is -3.35. The Balaban J connectivity index is 1.52. The van der Waals surface area contributed by atoms with Crippen LogP contribution in [0.4, 0.5) is 10.6 Å². The smallest absolute Gasteiger partial charge is 0.318 e. The van der Waals surface area contributed by atoms with E-state index in [2.05, 4.69) is 20.8 Å². The van der Waals surface area contributed by atoms with E-state index >= 15 is 0 Å². The predicted molar refractivity (Wildman–Crippen MR) is 98.8 cm³/mol. The Morgan fingerprint density at radius 1 is 1.15 bits per heavy atom. The second-order valence-electron chi connectivity index (χ2n) is 6.23. The summed E-state index contributed by atoms with van der Waals surface area (Å²) in [5, 5.41) is 14.8. The molecule has 0 fully saturated rings. The number of aromatic amines is 1. The number of hydrogen-bond acceptors (Lipinski definition) is 3. The first-order valence-corrected chi connectivity index (χ1v) is 8.54. The van der Waals surface area contributed by atoms with Gasteiger partial charge in [-0.25, -0.2) is 4.79 Å². The van der Waals surface area contributed by atoms with Crippen LogP contribution in [0, 0.1) is 0 Å². The van der Waals surface area contributed by atoms with E-state index < -0.39 is 0 Å². The molecule has 0 saturated carbocycles. The Morgan fingerprint density at radius 3 is 2.77 bits per heavy atom. The van der Waals surface area contributed by atoms with Gasteiger partial charge in [0.15, 0.2) is 0 Å². The summed E-state index contributed by atoms with van der Waals surface area (Å²) in [6, 6.07) is 13.4. The van der Waals surface area contributed by atoms with Gasteiger partial charge in [-0.1, -0.05) is 30.3 Å². The van der Waals surface area contributed by atoms with Crippen LogP contribution in [-0.2, 0) is 13.1 Å². The second kappa shape index (κ2) is 6.51. The van der Waals surface area contributed by atoms with Crippen molar-refractivity contribution in [2.45, 2.75) is 20.0 Å². The molecule has 7 nitrogen and oxygen atoms in total. The summed E-state index contributed by atoms with van der Waals surface area (Å²) in [5.41, 5.74) is 2.21.